The fraction of sp³-hybridized carbons (Fsp3) is 0.890. The van der Waals surface area contributed by atoms with Gasteiger partial charge in [-0.25, -0.2) is 9.59 Å². The highest BCUT2D eigenvalue weighted by atomic mass is 16.7. The van der Waals surface area contributed by atoms with Gasteiger partial charge >= 0.3 is 44.2 Å². The van der Waals surface area contributed by atoms with Crippen LogP contribution in [0.5, 0.6) is 0 Å². The minimum atomic E-state index is -1.00. The van der Waals surface area contributed by atoms with E-state index in [0.717, 1.165) is 122 Å². The summed E-state index contributed by atoms with van der Waals surface area (Å²) in [7, 11) is -0.908. The molecule has 0 spiro atoms. The number of carbonyl (C=O) groups excluding carboxylic acids is 10. The Kier molecular flexibility index (Phi) is 27.2. The molecule has 9 amide bonds. The van der Waals surface area contributed by atoms with Crippen molar-refractivity contribution in [1.82, 2.24) is 75.6 Å². The van der Waals surface area contributed by atoms with Crippen LogP contribution in [0.4, 0.5) is 9.59 Å². The number of piperazine rings is 2. The second-order valence-electron chi connectivity index (χ2n) is 45.6. The molecule has 8 bridgehead atoms. The van der Waals surface area contributed by atoms with E-state index in [1.807, 2.05) is 102 Å². The number of esters is 3. The molecule has 12 saturated carbocycles. The lowest BCUT2D eigenvalue weighted by atomic mass is 9.38. The molecule has 32 nitrogen and oxygen atoms in total. The van der Waals surface area contributed by atoms with Crippen molar-refractivity contribution in [2.24, 2.45) is 45.3 Å². The fourth-order valence-corrected chi connectivity index (χ4v) is 25.8. The van der Waals surface area contributed by atoms with E-state index in [4.69, 9.17) is 32.8 Å². The number of likely N-dealkylation sites (tertiary alicyclic amines) is 2. The van der Waals surface area contributed by atoms with Crippen LogP contribution in [0.2, 0.25) is 0 Å². The van der Waals surface area contributed by atoms with Gasteiger partial charge in [-0.3, -0.25) is 67.8 Å². The van der Waals surface area contributed by atoms with Gasteiger partial charge in [-0.15, -0.1) is 0 Å². The Morgan fingerprint density at radius 2 is 0.784 bits per heavy atom. The molecule has 0 unspecified atom stereocenters. The van der Waals surface area contributed by atoms with Crippen molar-refractivity contribution >= 4 is 73.7 Å². The van der Waals surface area contributed by atoms with Crippen LogP contribution in [0.3, 0.4) is 0 Å². The molecule has 7 aliphatic heterocycles. The quantitative estimate of drug-likeness (QED) is 0.0360. The van der Waals surface area contributed by atoms with E-state index in [9.17, 15) is 43.2 Å². The van der Waals surface area contributed by atoms with E-state index < -0.39 is 60.9 Å². The summed E-state index contributed by atoms with van der Waals surface area (Å²) in [6, 6.07) is -1.62. The molecular formula is C91H151B2N15O17. The monoisotopic (exact) mass is 1750 g/mol. The Labute approximate surface area is 743 Å². The van der Waals surface area contributed by atoms with Crippen molar-refractivity contribution in [3.63, 3.8) is 0 Å². The molecule has 19 rings (SSSR count). The van der Waals surface area contributed by atoms with Gasteiger partial charge in [0.1, 0.15) is 22.8 Å². The number of nitrogens with zero attached hydrogens (tertiary/aromatic N) is 10. The number of hydrogen-bond donors (Lipinski definition) is 5. The molecule has 19 fully saturated rings. The smallest absolute Gasteiger partial charge is 0.459 e. The second kappa shape index (κ2) is 36.3. The van der Waals surface area contributed by atoms with Gasteiger partial charge in [-0.05, 0) is 257 Å². The molecule has 11 atom stereocenters. The molecular weight excluding hydrogens is 1600 g/mol. The maximum atomic E-state index is 15.1. The van der Waals surface area contributed by atoms with Crippen LogP contribution in [-0.4, -0.2) is 362 Å². The van der Waals surface area contributed by atoms with Gasteiger partial charge in [0.05, 0.1) is 74.6 Å². The number of amides is 9. The highest BCUT2D eigenvalue weighted by Gasteiger charge is 2.72. The highest BCUT2D eigenvalue weighted by Crippen LogP contribution is 2.71. The summed E-state index contributed by atoms with van der Waals surface area (Å²) < 4.78 is 44.1. The lowest BCUT2D eigenvalue weighted by Gasteiger charge is -2.71. The van der Waals surface area contributed by atoms with Gasteiger partial charge in [0.2, 0.25) is 29.5 Å². The predicted molar refractivity (Wildman–Crippen MR) is 470 cm³/mol. The van der Waals surface area contributed by atoms with Gasteiger partial charge in [-0.2, -0.15) is 0 Å². The Morgan fingerprint density at radius 1 is 0.432 bits per heavy atom. The first-order valence-electron chi connectivity index (χ1n) is 48.0. The minimum Gasteiger partial charge on any atom is -0.459 e. The topological polar surface area (TPSA) is 328 Å². The van der Waals surface area contributed by atoms with Crippen LogP contribution in [-0.2, 0) is 71.2 Å². The molecule has 34 heteroatoms. The van der Waals surface area contributed by atoms with Crippen LogP contribution < -0.4 is 26.6 Å². The second-order valence-corrected chi connectivity index (χ2v) is 45.6. The zero-order chi connectivity index (χ0) is 89.4. The Morgan fingerprint density at radius 3 is 1.14 bits per heavy atom. The van der Waals surface area contributed by atoms with E-state index in [0.29, 0.717) is 141 Å². The lowest BCUT2D eigenvalue weighted by molar-refractivity contribution is -0.199. The SMILES string of the molecule is CC(C)(C)OC(=O)CN1CCN(CC(=O)N[C@@H](CCC(=O)N2CCN(CCCC34CC(NC(=O)NCC(=O)N5CCC[C@H]5B5O[C@@H]6C[C@@H]7C[C@@H](C7(C)C)[C@]6(C)O5)(C3)C4)CC2)C(=O)N2CCN(CCCC34CC(NC(=O)NCC(=O)N5CCC[C@H]5B5O[C@@H]6C[C@@H]7C[C@@H](C7(C)C)[C@]6(C)O5)(C3)C4)CC2)CCN(CC(=O)OC(C)(C)C)CCN(CC(=O)OC(C)(C)C)CC1. The summed E-state index contributed by atoms with van der Waals surface area (Å²) in [4.78, 5) is 159. The Hall–Kier alpha value is -5.97. The number of ether oxygens (including phenoxy) is 3. The number of hydrogen-bond acceptors (Lipinski definition) is 23. The molecule has 125 heavy (non-hydrogen) atoms. The van der Waals surface area contributed by atoms with Crippen LogP contribution in [0.1, 0.15) is 232 Å². The minimum absolute atomic E-state index is 0.0111. The van der Waals surface area contributed by atoms with E-state index in [2.05, 4.69) is 77.9 Å². The van der Waals surface area contributed by atoms with E-state index in [1.165, 1.54) is 6.42 Å². The average molecular weight is 1750 g/mol. The maximum Gasteiger partial charge on any atom is 0.481 e. The first-order chi connectivity index (χ1) is 58.8. The summed E-state index contributed by atoms with van der Waals surface area (Å²) >= 11 is 0. The lowest BCUT2D eigenvalue weighted by Crippen LogP contribution is -2.75. The Balaban J connectivity index is 0.517. The van der Waals surface area contributed by atoms with Crippen LogP contribution in [0.15, 0.2) is 0 Å². The average Bonchev–Trinajstić information content (AvgIpc) is 1.64. The van der Waals surface area contributed by atoms with Gasteiger partial charge in [-0.1, -0.05) is 27.7 Å². The first kappa shape index (κ1) is 93.7. The highest BCUT2D eigenvalue weighted by molar-refractivity contribution is 6.48. The summed E-state index contributed by atoms with van der Waals surface area (Å²) in [5.41, 5.74) is -2.53. The molecule has 5 N–H and O–H groups in total. The van der Waals surface area contributed by atoms with Crippen molar-refractivity contribution < 1.29 is 80.8 Å². The number of urea groups is 2. The molecule has 0 aromatic heterocycles. The maximum absolute atomic E-state index is 15.1. The van der Waals surface area contributed by atoms with Crippen molar-refractivity contribution in [3.05, 3.63) is 0 Å². The van der Waals surface area contributed by atoms with Gasteiger partial charge < -0.3 is 79.0 Å². The number of carbonyl (C=O) groups is 10. The molecule has 19 aliphatic rings. The largest absolute Gasteiger partial charge is 0.481 e. The molecule has 7 heterocycles. The van der Waals surface area contributed by atoms with Crippen LogP contribution in [0, 0.1) is 45.3 Å². The van der Waals surface area contributed by atoms with E-state index in [1.54, 1.807) is 0 Å². The normalized spacial score (nSPS) is 34.3. The van der Waals surface area contributed by atoms with Crippen molar-refractivity contribution in [2.45, 2.75) is 301 Å². The fourth-order valence-electron chi connectivity index (χ4n) is 25.8. The Bertz CT molecular complexity index is 3890. The summed E-state index contributed by atoms with van der Waals surface area (Å²) in [6.45, 7) is 40.3. The third kappa shape index (κ3) is 21.2. The zero-order valence-corrected chi connectivity index (χ0v) is 78.3. The van der Waals surface area contributed by atoms with Crippen molar-refractivity contribution in [3.8, 4) is 0 Å². The molecule has 0 radical (unpaired) electrons. The molecule has 7 saturated heterocycles. The molecule has 12 aliphatic carbocycles. The van der Waals surface area contributed by atoms with Gasteiger partial charge in [0.15, 0.2) is 0 Å². The van der Waals surface area contributed by atoms with Crippen molar-refractivity contribution in [2.75, 3.05) is 170 Å². The van der Waals surface area contributed by atoms with E-state index >= 15 is 4.79 Å². The first-order valence-corrected chi connectivity index (χ1v) is 48.0. The predicted octanol–water partition coefficient (Wildman–Crippen LogP) is 5.31. The summed E-state index contributed by atoms with van der Waals surface area (Å²) in [5.74, 6) is -0.341. The zero-order valence-electron chi connectivity index (χ0n) is 78.3. The molecule has 0 aromatic rings. The molecule has 698 valence electrons. The number of nitrogens with one attached hydrogen (secondary N) is 5. The van der Waals surface area contributed by atoms with Crippen LogP contribution >= 0.6 is 0 Å². The van der Waals surface area contributed by atoms with E-state index in [-0.39, 0.29) is 156 Å². The summed E-state index contributed by atoms with van der Waals surface area (Å²) in [5, 5.41) is 15.4. The third-order valence-electron chi connectivity index (χ3n) is 32.3. The molecule has 0 aromatic carbocycles. The summed E-state index contributed by atoms with van der Waals surface area (Å²) in [6.07, 6.45) is 17.4. The van der Waals surface area contributed by atoms with Crippen molar-refractivity contribution in [1.29, 1.82) is 0 Å². The standard InChI is InChI=1S/C91H151B2N15O17/c1-81(2,3)119-75(113)53-102-32-30-101(31-33-103(54-76(114)120-82(4,5)6)35-37-104(36-34-102)55-77(115)121-83(7,8)9)52-71(109)96-64(78(116)106-44-40-100(41-45-106)27-19-25-89-59-91(60-89,61-89)98-80(118)95-51-74(112)108-29-17-21-70(108)93-123-68-49-63-47-66(85(63,12)13)87(68,15)125-93)22-23-72(110)105-42-38-99(39-43-105)26-18-24-88-56-90(57-88,58-88)97-79(117)94-50-73(111)107-28-16-20-69(107)92-122-67-48-62-46-65(84(62,10)11)86(67,14)124-92/h62-70H,16-61H2,1-15H3,(H,96,109)(H2,94,97,117)(H2,95,98,118)/t62-,63-,64-,65-,66-,67+,68+,69-,70-,86-,87-,88?,89?,90?,91?/m0/s1. The number of rotatable bonds is 29. The van der Waals surface area contributed by atoms with Crippen LogP contribution in [0.25, 0.3) is 0 Å². The third-order valence-corrected chi connectivity index (χ3v) is 32.3. The van der Waals surface area contributed by atoms with Gasteiger partial charge in [0.25, 0.3) is 0 Å². The van der Waals surface area contributed by atoms with Gasteiger partial charge in [0, 0.05) is 135 Å².